The first-order valence-corrected chi connectivity index (χ1v) is 8.69. The molecule has 4 nitrogen and oxygen atoms in total. The molecule has 0 aliphatic heterocycles. The molecule has 0 bridgehead atoms. The molecule has 0 N–H and O–H groups in total. The van der Waals surface area contributed by atoms with Crippen LogP contribution in [0.4, 0.5) is 8.78 Å². The Morgan fingerprint density at radius 3 is 2.83 bits per heavy atom. The Bertz CT molecular complexity index is 866. The van der Waals surface area contributed by atoms with E-state index in [0.717, 1.165) is 10.6 Å². The number of halogens is 3. The molecule has 0 saturated heterocycles. The van der Waals surface area contributed by atoms with Crippen LogP contribution in [0.3, 0.4) is 0 Å². The molecule has 3 heterocycles. The van der Waals surface area contributed by atoms with E-state index in [0.29, 0.717) is 17.2 Å². The second-order valence-corrected chi connectivity index (χ2v) is 6.93. The summed E-state index contributed by atoms with van der Waals surface area (Å²) in [6.07, 6.45) is 0.423. The Kier molecular flexibility index (Phi) is 4.63. The first-order chi connectivity index (χ1) is 11.0. The summed E-state index contributed by atoms with van der Waals surface area (Å²) in [6, 6.07) is 3.80. The molecule has 0 unspecified atom stereocenters. The van der Waals surface area contributed by atoms with Gasteiger partial charge < -0.3 is 4.57 Å². The fourth-order valence-corrected chi connectivity index (χ4v) is 3.60. The van der Waals surface area contributed by atoms with Crippen molar-refractivity contribution in [3.63, 3.8) is 0 Å². The Morgan fingerprint density at radius 1 is 1.35 bits per heavy atom. The minimum Gasteiger partial charge on any atom is -0.310 e. The van der Waals surface area contributed by atoms with Crippen molar-refractivity contribution in [2.75, 3.05) is 5.75 Å². The normalized spacial score (nSPS) is 11.6. The first kappa shape index (κ1) is 16.3. The monoisotopic (exact) mass is 398 g/mol. The van der Waals surface area contributed by atoms with Gasteiger partial charge in [-0.05, 0) is 33.8 Å². The Morgan fingerprint density at radius 2 is 2.13 bits per heavy atom. The number of imidazole rings is 1. The van der Waals surface area contributed by atoms with Crippen LogP contribution in [-0.4, -0.2) is 25.3 Å². The number of alkyl halides is 2. The maximum absolute atomic E-state index is 13.4. The number of pyridine rings is 2. The third-order valence-electron chi connectivity index (χ3n) is 3.38. The Hall–Kier alpha value is -1.54. The molecule has 0 fully saturated rings. The minimum atomic E-state index is -2.63. The van der Waals surface area contributed by atoms with E-state index in [2.05, 4.69) is 30.9 Å². The van der Waals surface area contributed by atoms with Crippen molar-refractivity contribution in [2.45, 2.75) is 18.2 Å². The molecule has 0 spiro atoms. The van der Waals surface area contributed by atoms with Crippen LogP contribution in [0.2, 0.25) is 0 Å². The zero-order valence-corrected chi connectivity index (χ0v) is 14.8. The van der Waals surface area contributed by atoms with Gasteiger partial charge in [0, 0.05) is 28.8 Å². The van der Waals surface area contributed by atoms with Gasteiger partial charge in [0.15, 0.2) is 11.5 Å². The van der Waals surface area contributed by atoms with Gasteiger partial charge in [0.25, 0.3) is 6.43 Å². The van der Waals surface area contributed by atoms with Crippen molar-refractivity contribution < 1.29 is 8.78 Å². The van der Waals surface area contributed by atoms with Crippen LogP contribution in [0.15, 0.2) is 33.9 Å². The number of hydrogen-bond acceptors (Lipinski definition) is 4. The Labute approximate surface area is 144 Å². The maximum atomic E-state index is 13.4. The highest BCUT2D eigenvalue weighted by Gasteiger charge is 2.23. The lowest BCUT2D eigenvalue weighted by molar-refractivity contribution is 0.152. The van der Waals surface area contributed by atoms with Crippen molar-refractivity contribution >= 4 is 38.9 Å². The van der Waals surface area contributed by atoms with E-state index < -0.39 is 6.43 Å². The molecule has 8 heteroatoms. The lowest BCUT2D eigenvalue weighted by Gasteiger charge is -2.06. The highest BCUT2D eigenvalue weighted by atomic mass is 79.9. The summed E-state index contributed by atoms with van der Waals surface area (Å²) in [5.41, 5.74) is 1.15. The third-order valence-corrected chi connectivity index (χ3v) is 4.94. The lowest BCUT2D eigenvalue weighted by atomic mass is 10.2. The van der Waals surface area contributed by atoms with Crippen LogP contribution in [0.5, 0.6) is 0 Å². The van der Waals surface area contributed by atoms with Crippen molar-refractivity contribution in [3.05, 3.63) is 34.6 Å². The zero-order chi connectivity index (χ0) is 16.6. The summed E-state index contributed by atoms with van der Waals surface area (Å²) in [6.45, 7) is 2.05. The number of hydrogen-bond donors (Lipinski definition) is 0. The average Bonchev–Trinajstić information content (AvgIpc) is 2.84. The molecular weight excluding hydrogens is 386 g/mol. The lowest BCUT2D eigenvalue weighted by Crippen LogP contribution is -1.97. The number of aryl methyl sites for hydroxylation is 1. The largest absolute Gasteiger partial charge is 0.310 e. The van der Waals surface area contributed by atoms with E-state index in [-0.39, 0.29) is 15.6 Å². The molecule has 0 aromatic carbocycles. The SMILES string of the molecule is CCSc1cccnc1-c1nc2c(C(F)F)c(Br)cnc2n1C. The zero-order valence-electron chi connectivity index (χ0n) is 12.4. The fourth-order valence-electron chi connectivity index (χ4n) is 2.37. The topological polar surface area (TPSA) is 43.6 Å². The summed E-state index contributed by atoms with van der Waals surface area (Å²) in [5, 5.41) is 0. The smallest absolute Gasteiger partial charge is 0.267 e. The first-order valence-electron chi connectivity index (χ1n) is 6.91. The molecule has 3 aromatic heterocycles. The van der Waals surface area contributed by atoms with Gasteiger partial charge in [0.1, 0.15) is 11.2 Å². The molecule has 0 aliphatic carbocycles. The number of fused-ring (bicyclic) bond motifs is 1. The average molecular weight is 399 g/mol. The molecule has 0 aliphatic rings. The van der Waals surface area contributed by atoms with Gasteiger partial charge in [0.2, 0.25) is 0 Å². The standard InChI is InChI=1S/C15H13BrF2N4S/c1-3-23-9-5-4-6-19-11(9)15-21-12-10(13(17)18)8(16)7-20-14(12)22(15)2/h4-7,13H,3H2,1-2H3. The van der Waals surface area contributed by atoms with Gasteiger partial charge in [0.05, 0.1) is 5.56 Å². The molecule has 0 saturated carbocycles. The van der Waals surface area contributed by atoms with E-state index in [1.807, 2.05) is 19.1 Å². The van der Waals surface area contributed by atoms with E-state index >= 15 is 0 Å². The summed E-state index contributed by atoms with van der Waals surface area (Å²) in [5.74, 6) is 1.42. The van der Waals surface area contributed by atoms with Gasteiger partial charge in [-0.25, -0.2) is 18.7 Å². The Balaban J connectivity index is 2.28. The molecule has 23 heavy (non-hydrogen) atoms. The quantitative estimate of drug-likeness (QED) is 0.589. The number of aromatic nitrogens is 4. The van der Waals surface area contributed by atoms with Crippen molar-refractivity contribution in [1.82, 2.24) is 19.5 Å². The van der Waals surface area contributed by atoms with Crippen molar-refractivity contribution in [1.29, 1.82) is 0 Å². The van der Waals surface area contributed by atoms with Crippen LogP contribution in [-0.2, 0) is 7.05 Å². The number of thioether (sulfide) groups is 1. The van der Waals surface area contributed by atoms with Crippen LogP contribution in [0, 0.1) is 0 Å². The molecule has 0 atom stereocenters. The van der Waals surface area contributed by atoms with E-state index in [4.69, 9.17) is 0 Å². The molecular formula is C15H13BrF2N4S. The predicted molar refractivity (Wildman–Crippen MR) is 90.8 cm³/mol. The van der Waals surface area contributed by atoms with Crippen molar-refractivity contribution in [3.8, 4) is 11.5 Å². The van der Waals surface area contributed by atoms with Crippen LogP contribution in [0.25, 0.3) is 22.7 Å². The number of nitrogens with zero attached hydrogens (tertiary/aromatic N) is 4. The summed E-state index contributed by atoms with van der Waals surface area (Å²) < 4.78 is 28.7. The van der Waals surface area contributed by atoms with Gasteiger partial charge in [-0.2, -0.15) is 0 Å². The fraction of sp³-hybridized carbons (Fsp3) is 0.267. The summed E-state index contributed by atoms with van der Waals surface area (Å²) in [7, 11) is 1.76. The highest BCUT2D eigenvalue weighted by Crippen LogP contribution is 2.36. The van der Waals surface area contributed by atoms with Gasteiger partial charge in [-0.15, -0.1) is 11.8 Å². The van der Waals surface area contributed by atoms with Crippen LogP contribution >= 0.6 is 27.7 Å². The van der Waals surface area contributed by atoms with E-state index in [1.54, 1.807) is 29.6 Å². The van der Waals surface area contributed by atoms with Crippen LogP contribution < -0.4 is 0 Å². The van der Waals surface area contributed by atoms with Crippen molar-refractivity contribution in [2.24, 2.45) is 7.05 Å². The van der Waals surface area contributed by atoms with E-state index in [1.165, 1.54) is 6.20 Å². The minimum absolute atomic E-state index is 0.141. The second kappa shape index (κ2) is 6.52. The summed E-state index contributed by atoms with van der Waals surface area (Å²) >= 11 is 4.77. The van der Waals surface area contributed by atoms with E-state index in [9.17, 15) is 8.78 Å². The second-order valence-electron chi connectivity index (χ2n) is 4.77. The molecule has 120 valence electrons. The van der Waals surface area contributed by atoms with Gasteiger partial charge in [-0.3, -0.25) is 4.98 Å². The molecule has 0 amide bonds. The van der Waals surface area contributed by atoms with Crippen LogP contribution in [0.1, 0.15) is 18.9 Å². The number of rotatable bonds is 4. The predicted octanol–water partition coefficient (Wildman–Crippen LogP) is 4.84. The summed E-state index contributed by atoms with van der Waals surface area (Å²) in [4.78, 5) is 14.0. The maximum Gasteiger partial charge on any atom is 0.267 e. The van der Waals surface area contributed by atoms with Gasteiger partial charge in [-0.1, -0.05) is 6.92 Å². The van der Waals surface area contributed by atoms with Gasteiger partial charge >= 0.3 is 0 Å². The third kappa shape index (κ3) is 2.85. The molecule has 0 radical (unpaired) electrons. The highest BCUT2D eigenvalue weighted by molar-refractivity contribution is 9.10. The molecule has 3 aromatic rings. The molecule has 3 rings (SSSR count).